The second-order valence-corrected chi connectivity index (χ2v) is 6.53. The zero-order chi connectivity index (χ0) is 14.7. The fourth-order valence-electron chi connectivity index (χ4n) is 2.35. The monoisotopic (exact) mass is 345 g/mol. The van der Waals surface area contributed by atoms with E-state index in [4.69, 9.17) is 4.74 Å². The van der Waals surface area contributed by atoms with E-state index in [1.807, 2.05) is 18.2 Å². The van der Waals surface area contributed by atoms with Crippen LogP contribution in [0.2, 0.25) is 0 Å². The van der Waals surface area contributed by atoms with E-state index in [9.17, 15) is 0 Å². The first kappa shape index (κ1) is 14.6. The number of nitrogens with one attached hydrogen (secondary N) is 1. The topological polar surface area (TPSA) is 21.3 Å². The number of benzene rings is 2. The lowest BCUT2D eigenvalue weighted by Crippen LogP contribution is -2.26. The summed E-state index contributed by atoms with van der Waals surface area (Å²) in [6.07, 6.45) is 2.63. The molecule has 110 valence electrons. The summed E-state index contributed by atoms with van der Waals surface area (Å²) >= 11 is 3.50. The number of aryl methyl sites for hydroxylation is 1. The third-order valence-corrected chi connectivity index (χ3v) is 4.24. The molecule has 2 aromatic rings. The molecule has 0 heterocycles. The maximum Gasteiger partial charge on any atom is 0.136 e. The van der Waals surface area contributed by atoms with E-state index >= 15 is 0 Å². The maximum atomic E-state index is 6.28. The summed E-state index contributed by atoms with van der Waals surface area (Å²) in [6, 6.07) is 17.3. The van der Waals surface area contributed by atoms with Gasteiger partial charge in [0.25, 0.3) is 0 Å². The minimum absolute atomic E-state index is 0.0478. The van der Waals surface area contributed by atoms with Gasteiger partial charge in [0.1, 0.15) is 11.9 Å². The van der Waals surface area contributed by atoms with Crippen molar-refractivity contribution in [3.63, 3.8) is 0 Å². The average molecular weight is 346 g/mol. The van der Waals surface area contributed by atoms with Crippen LogP contribution < -0.4 is 10.1 Å². The van der Waals surface area contributed by atoms with E-state index < -0.39 is 0 Å². The molecule has 3 rings (SSSR count). The largest absolute Gasteiger partial charge is 0.484 e. The molecule has 0 aliphatic heterocycles. The molecule has 0 aromatic heterocycles. The standard InChI is InChI=1S/C18H20BrNO/c1-13-11-15(19)7-10-17(13)21-18(12-20-16-8-9-16)14-5-3-2-4-6-14/h2-7,10-11,16,18,20H,8-9,12H2,1H3. The van der Waals surface area contributed by atoms with Crippen molar-refractivity contribution in [3.05, 3.63) is 64.1 Å². The van der Waals surface area contributed by atoms with Gasteiger partial charge in [-0.1, -0.05) is 46.3 Å². The lowest BCUT2D eigenvalue weighted by Gasteiger charge is -2.21. The van der Waals surface area contributed by atoms with Crippen LogP contribution in [0.5, 0.6) is 5.75 Å². The quantitative estimate of drug-likeness (QED) is 0.823. The number of hydrogen-bond acceptors (Lipinski definition) is 2. The van der Waals surface area contributed by atoms with Crippen molar-refractivity contribution < 1.29 is 4.74 Å². The van der Waals surface area contributed by atoms with Gasteiger partial charge in [0.2, 0.25) is 0 Å². The molecule has 3 heteroatoms. The van der Waals surface area contributed by atoms with Crippen LogP contribution >= 0.6 is 15.9 Å². The zero-order valence-corrected chi connectivity index (χ0v) is 13.8. The van der Waals surface area contributed by atoms with Crippen LogP contribution in [0.4, 0.5) is 0 Å². The Morgan fingerprint density at radius 3 is 2.62 bits per heavy atom. The average Bonchev–Trinajstić information content (AvgIpc) is 3.31. The van der Waals surface area contributed by atoms with Gasteiger partial charge in [-0.3, -0.25) is 0 Å². The van der Waals surface area contributed by atoms with Gasteiger partial charge in [0.15, 0.2) is 0 Å². The van der Waals surface area contributed by atoms with Gasteiger partial charge >= 0.3 is 0 Å². The molecule has 1 saturated carbocycles. The molecule has 21 heavy (non-hydrogen) atoms. The van der Waals surface area contributed by atoms with Crippen LogP contribution in [0.3, 0.4) is 0 Å². The first-order chi connectivity index (χ1) is 10.2. The lowest BCUT2D eigenvalue weighted by molar-refractivity contribution is 0.199. The van der Waals surface area contributed by atoms with Crippen molar-refractivity contribution in [1.29, 1.82) is 0 Å². The molecule has 0 spiro atoms. The highest BCUT2D eigenvalue weighted by Gasteiger charge is 2.23. The first-order valence-electron chi connectivity index (χ1n) is 7.43. The van der Waals surface area contributed by atoms with Crippen LogP contribution in [0.1, 0.15) is 30.1 Å². The van der Waals surface area contributed by atoms with Gasteiger partial charge < -0.3 is 10.1 Å². The second-order valence-electron chi connectivity index (χ2n) is 5.61. The summed E-state index contributed by atoms with van der Waals surface area (Å²) in [4.78, 5) is 0. The van der Waals surface area contributed by atoms with Crippen molar-refractivity contribution in [3.8, 4) is 5.75 Å². The molecule has 2 aromatic carbocycles. The minimum Gasteiger partial charge on any atom is -0.484 e. The summed E-state index contributed by atoms with van der Waals surface area (Å²) in [6.45, 7) is 2.93. The predicted molar refractivity (Wildman–Crippen MR) is 89.7 cm³/mol. The highest BCUT2D eigenvalue weighted by atomic mass is 79.9. The number of halogens is 1. The van der Waals surface area contributed by atoms with E-state index in [2.05, 4.69) is 58.5 Å². The molecule has 0 amide bonds. The summed E-state index contributed by atoms with van der Waals surface area (Å²) in [7, 11) is 0. The molecule has 0 saturated heterocycles. The number of rotatable bonds is 6. The first-order valence-corrected chi connectivity index (χ1v) is 8.23. The minimum atomic E-state index is 0.0478. The van der Waals surface area contributed by atoms with Crippen LogP contribution in [-0.4, -0.2) is 12.6 Å². The van der Waals surface area contributed by atoms with Crippen LogP contribution in [0.25, 0.3) is 0 Å². The summed E-state index contributed by atoms with van der Waals surface area (Å²) in [5.74, 6) is 0.949. The number of ether oxygens (including phenoxy) is 1. The van der Waals surface area contributed by atoms with Gasteiger partial charge in [-0.2, -0.15) is 0 Å². The molecule has 1 aliphatic rings. The Morgan fingerprint density at radius 2 is 1.95 bits per heavy atom. The molecular formula is C18H20BrNO. The Labute approximate surface area is 134 Å². The van der Waals surface area contributed by atoms with Gasteiger partial charge in [0.05, 0.1) is 0 Å². The third-order valence-electron chi connectivity index (χ3n) is 3.75. The normalized spacial score (nSPS) is 15.7. The highest BCUT2D eigenvalue weighted by Crippen LogP contribution is 2.28. The predicted octanol–water partition coefficient (Wildman–Crippen LogP) is 4.63. The summed E-state index contributed by atoms with van der Waals surface area (Å²) in [5.41, 5.74) is 2.37. The molecule has 1 fully saturated rings. The molecular weight excluding hydrogens is 326 g/mol. The van der Waals surface area contributed by atoms with E-state index in [1.54, 1.807) is 0 Å². The Balaban J connectivity index is 1.77. The Bertz CT molecular complexity index is 595. The third kappa shape index (κ3) is 4.08. The fraction of sp³-hybridized carbons (Fsp3) is 0.333. The van der Waals surface area contributed by atoms with Crippen LogP contribution in [0.15, 0.2) is 53.0 Å². The van der Waals surface area contributed by atoms with Crippen LogP contribution in [-0.2, 0) is 0 Å². The highest BCUT2D eigenvalue weighted by molar-refractivity contribution is 9.10. The van der Waals surface area contributed by atoms with E-state index in [0.29, 0.717) is 6.04 Å². The SMILES string of the molecule is Cc1cc(Br)ccc1OC(CNC1CC1)c1ccccc1. The molecule has 0 bridgehead atoms. The summed E-state index contributed by atoms with van der Waals surface area (Å²) < 4.78 is 7.36. The fourth-order valence-corrected chi connectivity index (χ4v) is 2.83. The number of hydrogen-bond donors (Lipinski definition) is 1. The lowest BCUT2D eigenvalue weighted by atomic mass is 10.1. The zero-order valence-electron chi connectivity index (χ0n) is 12.2. The molecule has 0 radical (unpaired) electrons. The van der Waals surface area contributed by atoms with Crippen LogP contribution in [0, 0.1) is 6.92 Å². The molecule has 2 nitrogen and oxygen atoms in total. The molecule has 1 unspecified atom stereocenters. The van der Waals surface area contributed by atoms with E-state index in [0.717, 1.165) is 22.3 Å². The Hall–Kier alpha value is -1.32. The van der Waals surface area contributed by atoms with Crippen molar-refractivity contribution >= 4 is 15.9 Å². The smallest absolute Gasteiger partial charge is 0.136 e. The van der Waals surface area contributed by atoms with Gasteiger partial charge in [0, 0.05) is 17.1 Å². The van der Waals surface area contributed by atoms with Crippen molar-refractivity contribution in [2.24, 2.45) is 0 Å². The maximum absolute atomic E-state index is 6.28. The van der Waals surface area contributed by atoms with Gasteiger partial charge in [-0.05, 0) is 49.1 Å². The van der Waals surface area contributed by atoms with E-state index in [1.165, 1.54) is 18.4 Å². The second kappa shape index (κ2) is 6.63. The van der Waals surface area contributed by atoms with Crippen molar-refractivity contribution in [1.82, 2.24) is 5.32 Å². The Kier molecular flexibility index (Phi) is 4.61. The molecule has 1 aliphatic carbocycles. The molecule has 1 N–H and O–H groups in total. The summed E-state index contributed by atoms with van der Waals surface area (Å²) in [5, 5.41) is 3.57. The van der Waals surface area contributed by atoms with Crippen molar-refractivity contribution in [2.75, 3.05) is 6.54 Å². The van der Waals surface area contributed by atoms with Gasteiger partial charge in [-0.25, -0.2) is 0 Å². The molecule has 1 atom stereocenters. The van der Waals surface area contributed by atoms with E-state index in [-0.39, 0.29) is 6.10 Å². The van der Waals surface area contributed by atoms with Gasteiger partial charge in [-0.15, -0.1) is 0 Å². The van der Waals surface area contributed by atoms with Crippen molar-refractivity contribution in [2.45, 2.75) is 31.9 Å². The Morgan fingerprint density at radius 1 is 1.19 bits per heavy atom.